The molecule has 0 saturated heterocycles. The van der Waals surface area contributed by atoms with Crippen LogP contribution in [0.25, 0.3) is 10.9 Å². The lowest BCUT2D eigenvalue weighted by Crippen LogP contribution is -2.25. The molecule has 0 atom stereocenters. The first-order chi connectivity index (χ1) is 9.29. The van der Waals surface area contributed by atoms with Gasteiger partial charge < -0.3 is 9.88 Å². The van der Waals surface area contributed by atoms with E-state index in [1.54, 1.807) is 12.1 Å². The van der Waals surface area contributed by atoms with Gasteiger partial charge in [-0.1, -0.05) is 18.9 Å². The van der Waals surface area contributed by atoms with Gasteiger partial charge in [0.05, 0.1) is 5.52 Å². The Balaban J connectivity index is 1.89. The van der Waals surface area contributed by atoms with Crippen LogP contribution in [0.5, 0.6) is 0 Å². The topological polar surface area (TPSA) is 17.0 Å². The number of hydrogen-bond donors (Lipinski definition) is 1. The SMILES string of the molecule is CCn1cc(CNC2CCCC2)c2c(F)cccc21. The normalized spacial score (nSPS) is 16.5. The third-order valence-corrected chi connectivity index (χ3v) is 4.21. The number of benzene rings is 1. The van der Waals surface area contributed by atoms with E-state index in [4.69, 9.17) is 0 Å². The molecule has 3 heteroatoms. The maximum absolute atomic E-state index is 14.1. The van der Waals surface area contributed by atoms with Crippen molar-refractivity contribution in [2.24, 2.45) is 0 Å². The number of aromatic nitrogens is 1. The second-order valence-electron chi connectivity index (χ2n) is 5.44. The average Bonchev–Trinajstić information content (AvgIpc) is 3.04. The summed E-state index contributed by atoms with van der Waals surface area (Å²) in [5.41, 5.74) is 2.09. The molecule has 0 bridgehead atoms. The number of fused-ring (bicyclic) bond motifs is 1. The van der Waals surface area contributed by atoms with E-state index >= 15 is 0 Å². The first-order valence-electron chi connectivity index (χ1n) is 7.29. The van der Waals surface area contributed by atoms with Crippen LogP contribution in [0.3, 0.4) is 0 Å². The monoisotopic (exact) mass is 260 g/mol. The van der Waals surface area contributed by atoms with E-state index in [1.165, 1.54) is 25.7 Å². The highest BCUT2D eigenvalue weighted by molar-refractivity contribution is 5.84. The fourth-order valence-electron chi connectivity index (χ4n) is 3.17. The van der Waals surface area contributed by atoms with Gasteiger partial charge in [-0.25, -0.2) is 4.39 Å². The molecule has 1 fully saturated rings. The van der Waals surface area contributed by atoms with Gasteiger partial charge in [-0.3, -0.25) is 0 Å². The zero-order chi connectivity index (χ0) is 13.2. The molecule has 2 nitrogen and oxygen atoms in total. The summed E-state index contributed by atoms with van der Waals surface area (Å²) in [7, 11) is 0. The van der Waals surface area contributed by atoms with Crippen LogP contribution in [-0.4, -0.2) is 10.6 Å². The van der Waals surface area contributed by atoms with Crippen LogP contribution in [0.15, 0.2) is 24.4 Å². The molecule has 1 aromatic heterocycles. The predicted octanol–water partition coefficient (Wildman–Crippen LogP) is 3.83. The molecule has 0 spiro atoms. The number of rotatable bonds is 4. The second-order valence-corrected chi connectivity index (χ2v) is 5.44. The van der Waals surface area contributed by atoms with Crippen molar-refractivity contribution < 1.29 is 4.39 Å². The van der Waals surface area contributed by atoms with Crippen LogP contribution in [0.2, 0.25) is 0 Å². The van der Waals surface area contributed by atoms with Crippen LogP contribution in [-0.2, 0) is 13.1 Å². The molecule has 1 heterocycles. The molecule has 1 aliphatic carbocycles. The van der Waals surface area contributed by atoms with Gasteiger partial charge in [0.15, 0.2) is 0 Å². The maximum atomic E-state index is 14.1. The van der Waals surface area contributed by atoms with E-state index in [1.807, 2.05) is 6.07 Å². The van der Waals surface area contributed by atoms with Crippen molar-refractivity contribution in [2.45, 2.75) is 51.7 Å². The van der Waals surface area contributed by atoms with Crippen molar-refractivity contribution in [2.75, 3.05) is 0 Å². The zero-order valence-corrected chi connectivity index (χ0v) is 11.5. The first kappa shape index (κ1) is 12.7. The van der Waals surface area contributed by atoms with Crippen molar-refractivity contribution in [3.05, 3.63) is 35.8 Å². The van der Waals surface area contributed by atoms with Crippen molar-refractivity contribution >= 4 is 10.9 Å². The Morgan fingerprint density at radius 1 is 1.32 bits per heavy atom. The molecule has 2 aromatic rings. The van der Waals surface area contributed by atoms with E-state index in [0.717, 1.165) is 29.6 Å². The van der Waals surface area contributed by atoms with Crippen molar-refractivity contribution in [1.82, 2.24) is 9.88 Å². The number of halogens is 1. The molecular weight excluding hydrogens is 239 g/mol. The van der Waals surface area contributed by atoms with E-state index in [2.05, 4.69) is 23.0 Å². The van der Waals surface area contributed by atoms with Gasteiger partial charge in [0.25, 0.3) is 0 Å². The van der Waals surface area contributed by atoms with Crippen LogP contribution in [0, 0.1) is 5.82 Å². The second kappa shape index (κ2) is 5.33. The lowest BCUT2D eigenvalue weighted by molar-refractivity contribution is 0.524. The smallest absolute Gasteiger partial charge is 0.132 e. The Hall–Kier alpha value is -1.35. The minimum atomic E-state index is -0.104. The average molecular weight is 260 g/mol. The Bertz CT molecular complexity index is 567. The number of hydrogen-bond acceptors (Lipinski definition) is 1. The van der Waals surface area contributed by atoms with Crippen LogP contribution in [0.4, 0.5) is 4.39 Å². The highest BCUT2D eigenvalue weighted by Crippen LogP contribution is 2.25. The molecule has 0 unspecified atom stereocenters. The first-order valence-corrected chi connectivity index (χ1v) is 7.29. The molecular formula is C16H21FN2. The van der Waals surface area contributed by atoms with E-state index in [9.17, 15) is 4.39 Å². The molecule has 19 heavy (non-hydrogen) atoms. The number of aryl methyl sites for hydroxylation is 1. The Labute approximate surface area is 113 Å². The number of nitrogens with zero attached hydrogens (tertiary/aromatic N) is 1. The van der Waals surface area contributed by atoms with Gasteiger partial charge in [0, 0.05) is 30.7 Å². The van der Waals surface area contributed by atoms with Gasteiger partial charge in [0.2, 0.25) is 0 Å². The predicted molar refractivity (Wildman–Crippen MR) is 76.7 cm³/mol. The van der Waals surface area contributed by atoms with E-state index in [0.29, 0.717) is 6.04 Å². The Morgan fingerprint density at radius 2 is 2.11 bits per heavy atom. The Morgan fingerprint density at radius 3 is 2.84 bits per heavy atom. The molecule has 1 saturated carbocycles. The van der Waals surface area contributed by atoms with Gasteiger partial charge in [0.1, 0.15) is 5.82 Å². The molecule has 0 radical (unpaired) electrons. The summed E-state index contributed by atoms with van der Waals surface area (Å²) in [5, 5.41) is 4.36. The van der Waals surface area contributed by atoms with Gasteiger partial charge >= 0.3 is 0 Å². The lowest BCUT2D eigenvalue weighted by Gasteiger charge is -2.11. The van der Waals surface area contributed by atoms with Crippen LogP contribution in [0.1, 0.15) is 38.2 Å². The largest absolute Gasteiger partial charge is 0.347 e. The van der Waals surface area contributed by atoms with Gasteiger partial charge in [-0.15, -0.1) is 0 Å². The van der Waals surface area contributed by atoms with Gasteiger partial charge in [-0.05, 0) is 37.5 Å². The zero-order valence-electron chi connectivity index (χ0n) is 11.5. The molecule has 1 aliphatic rings. The van der Waals surface area contributed by atoms with Crippen LogP contribution >= 0.6 is 0 Å². The maximum Gasteiger partial charge on any atom is 0.132 e. The summed E-state index contributed by atoms with van der Waals surface area (Å²) in [6.07, 6.45) is 7.25. The van der Waals surface area contributed by atoms with Crippen LogP contribution < -0.4 is 5.32 Å². The third-order valence-electron chi connectivity index (χ3n) is 4.21. The summed E-state index contributed by atoms with van der Waals surface area (Å²) < 4.78 is 16.2. The Kier molecular flexibility index (Phi) is 3.56. The molecule has 102 valence electrons. The summed E-state index contributed by atoms with van der Waals surface area (Å²) in [5.74, 6) is -0.104. The standard InChI is InChI=1S/C16H21FN2/c1-2-19-11-12(10-18-13-6-3-4-7-13)16-14(17)8-5-9-15(16)19/h5,8-9,11,13,18H,2-4,6-7,10H2,1H3. The van der Waals surface area contributed by atoms with Crippen molar-refractivity contribution in [3.8, 4) is 0 Å². The van der Waals surface area contributed by atoms with E-state index in [-0.39, 0.29) is 5.82 Å². The fourth-order valence-corrected chi connectivity index (χ4v) is 3.17. The highest BCUT2D eigenvalue weighted by atomic mass is 19.1. The van der Waals surface area contributed by atoms with Gasteiger partial charge in [-0.2, -0.15) is 0 Å². The molecule has 1 N–H and O–H groups in total. The van der Waals surface area contributed by atoms with Crippen molar-refractivity contribution in [3.63, 3.8) is 0 Å². The molecule has 3 rings (SSSR count). The summed E-state index contributed by atoms with van der Waals surface area (Å²) in [6, 6.07) is 5.97. The lowest BCUT2D eigenvalue weighted by atomic mass is 10.1. The summed E-state index contributed by atoms with van der Waals surface area (Å²) in [6.45, 7) is 3.75. The third kappa shape index (κ3) is 2.39. The minimum absolute atomic E-state index is 0.104. The molecule has 1 aromatic carbocycles. The highest BCUT2D eigenvalue weighted by Gasteiger charge is 2.16. The number of nitrogens with one attached hydrogen (secondary N) is 1. The minimum Gasteiger partial charge on any atom is -0.347 e. The quantitative estimate of drug-likeness (QED) is 0.884. The van der Waals surface area contributed by atoms with E-state index < -0.39 is 0 Å². The fraction of sp³-hybridized carbons (Fsp3) is 0.500. The molecule has 0 amide bonds. The molecule has 0 aliphatic heterocycles. The van der Waals surface area contributed by atoms with Crippen molar-refractivity contribution in [1.29, 1.82) is 0 Å². The summed E-state index contributed by atoms with van der Waals surface area (Å²) >= 11 is 0. The summed E-state index contributed by atoms with van der Waals surface area (Å²) in [4.78, 5) is 0.